The van der Waals surface area contributed by atoms with E-state index in [4.69, 9.17) is 4.98 Å². The highest BCUT2D eigenvalue weighted by Gasteiger charge is 2.23. The number of hydrogen-bond donors (Lipinski definition) is 1. The Morgan fingerprint density at radius 3 is 2.83 bits per heavy atom. The number of hydrogen-bond acceptors (Lipinski definition) is 6. The molecule has 6 nitrogen and oxygen atoms in total. The number of aromatic nitrogens is 3. The van der Waals surface area contributed by atoms with Crippen molar-refractivity contribution in [1.82, 2.24) is 14.5 Å². The first-order valence-electron chi connectivity index (χ1n) is 9.73. The van der Waals surface area contributed by atoms with Gasteiger partial charge in [-0.05, 0) is 43.9 Å². The number of carbonyl (C=O) groups excluding carboxylic acids is 1. The molecule has 0 spiro atoms. The van der Waals surface area contributed by atoms with Crippen LogP contribution in [0.3, 0.4) is 0 Å². The van der Waals surface area contributed by atoms with E-state index in [2.05, 4.69) is 10.3 Å². The topological polar surface area (TPSA) is 76.9 Å². The molecule has 0 aliphatic carbocycles. The fraction of sp³-hybridized carbons (Fsp3) is 0.333. The Morgan fingerprint density at radius 1 is 1.14 bits per heavy atom. The van der Waals surface area contributed by atoms with Gasteiger partial charge in [-0.25, -0.2) is 9.97 Å². The minimum absolute atomic E-state index is 0.0182. The first kappa shape index (κ1) is 18.4. The van der Waals surface area contributed by atoms with Crippen LogP contribution in [-0.2, 0) is 13.0 Å². The van der Waals surface area contributed by atoms with E-state index < -0.39 is 0 Å². The minimum Gasteiger partial charge on any atom is -0.297 e. The van der Waals surface area contributed by atoms with Crippen molar-refractivity contribution in [3.05, 3.63) is 50.4 Å². The van der Waals surface area contributed by atoms with Gasteiger partial charge in [0.2, 0.25) is 0 Å². The summed E-state index contributed by atoms with van der Waals surface area (Å²) in [6.45, 7) is 4.55. The average Bonchev–Trinajstić information content (AvgIpc) is 3.15. The van der Waals surface area contributed by atoms with Gasteiger partial charge in [0.05, 0.1) is 20.5 Å². The molecule has 5 rings (SSSR count). The van der Waals surface area contributed by atoms with Crippen molar-refractivity contribution >= 4 is 54.1 Å². The van der Waals surface area contributed by atoms with E-state index in [0.29, 0.717) is 32.3 Å². The van der Waals surface area contributed by atoms with Crippen LogP contribution in [-0.4, -0.2) is 20.4 Å². The maximum absolute atomic E-state index is 13.1. The van der Waals surface area contributed by atoms with E-state index in [1.807, 2.05) is 32.0 Å². The number of fused-ring (bicyclic) bond motifs is 3. The number of anilines is 1. The number of nitrogens with zero attached hydrogens (tertiary/aromatic N) is 3. The number of aryl methyl sites for hydroxylation is 3. The third-order valence-corrected chi connectivity index (χ3v) is 7.58. The number of amides is 1. The third kappa shape index (κ3) is 3.07. The summed E-state index contributed by atoms with van der Waals surface area (Å²) in [5, 5.41) is 4.06. The molecule has 0 atom stereocenters. The van der Waals surface area contributed by atoms with Gasteiger partial charge in [0, 0.05) is 13.0 Å². The van der Waals surface area contributed by atoms with Crippen LogP contribution in [0.1, 0.15) is 45.9 Å². The standard InChI is InChI=1S/C21H20N4O2S2/c1-11-7-6-8-13-16(11)23-21(28-13)24-18(26)17-12(2)15-19(29-17)22-14-9-4-3-5-10-25(14)20(15)27/h6-8H,3-5,9-10H2,1-2H3,(H,23,24,26). The highest BCUT2D eigenvalue weighted by Crippen LogP contribution is 2.31. The van der Waals surface area contributed by atoms with Crippen LogP contribution in [0.4, 0.5) is 5.13 Å². The largest absolute Gasteiger partial charge is 0.297 e. The van der Waals surface area contributed by atoms with Crippen molar-refractivity contribution in [2.24, 2.45) is 0 Å². The Kier molecular flexibility index (Phi) is 4.48. The molecule has 0 fully saturated rings. The van der Waals surface area contributed by atoms with E-state index >= 15 is 0 Å². The Bertz CT molecular complexity index is 1330. The van der Waals surface area contributed by atoms with Crippen molar-refractivity contribution in [2.45, 2.75) is 46.1 Å². The van der Waals surface area contributed by atoms with Crippen molar-refractivity contribution in [3.63, 3.8) is 0 Å². The Hall–Kier alpha value is -2.58. The zero-order valence-corrected chi connectivity index (χ0v) is 17.9. The predicted molar refractivity (Wildman–Crippen MR) is 118 cm³/mol. The van der Waals surface area contributed by atoms with Crippen LogP contribution in [0, 0.1) is 13.8 Å². The first-order valence-corrected chi connectivity index (χ1v) is 11.4. The van der Waals surface area contributed by atoms with Crippen LogP contribution < -0.4 is 10.9 Å². The molecule has 0 saturated heterocycles. The second-order valence-electron chi connectivity index (χ2n) is 7.43. The highest BCUT2D eigenvalue weighted by molar-refractivity contribution is 7.23. The normalized spacial score (nSPS) is 14.1. The first-order chi connectivity index (χ1) is 14.0. The second kappa shape index (κ2) is 7.03. The maximum Gasteiger partial charge on any atom is 0.267 e. The summed E-state index contributed by atoms with van der Waals surface area (Å²) < 4.78 is 2.84. The van der Waals surface area contributed by atoms with Crippen LogP contribution >= 0.6 is 22.7 Å². The van der Waals surface area contributed by atoms with Crippen molar-refractivity contribution in [2.75, 3.05) is 5.32 Å². The Balaban J connectivity index is 1.54. The summed E-state index contributed by atoms with van der Waals surface area (Å²) >= 11 is 2.75. The zero-order valence-electron chi connectivity index (χ0n) is 16.2. The van der Waals surface area contributed by atoms with Crippen molar-refractivity contribution < 1.29 is 4.79 Å². The Labute approximate surface area is 175 Å². The number of carbonyl (C=O) groups is 1. The molecule has 1 aliphatic rings. The summed E-state index contributed by atoms with van der Waals surface area (Å²) in [5.41, 5.74) is 2.67. The predicted octanol–water partition coefficient (Wildman–Crippen LogP) is 4.66. The minimum atomic E-state index is -0.234. The monoisotopic (exact) mass is 424 g/mol. The molecule has 1 aliphatic heterocycles. The van der Waals surface area contributed by atoms with E-state index in [1.165, 1.54) is 22.7 Å². The van der Waals surface area contributed by atoms with E-state index in [0.717, 1.165) is 47.3 Å². The lowest BCUT2D eigenvalue weighted by Gasteiger charge is -2.08. The summed E-state index contributed by atoms with van der Waals surface area (Å²) in [6, 6.07) is 5.99. The van der Waals surface area contributed by atoms with Crippen LogP contribution in [0.15, 0.2) is 23.0 Å². The van der Waals surface area contributed by atoms with Crippen LogP contribution in [0.25, 0.3) is 20.4 Å². The average molecular weight is 425 g/mol. The molecule has 8 heteroatoms. The van der Waals surface area contributed by atoms with Crippen molar-refractivity contribution in [1.29, 1.82) is 0 Å². The summed E-state index contributed by atoms with van der Waals surface area (Å²) in [6.07, 6.45) is 3.97. The number of benzene rings is 1. The zero-order chi connectivity index (χ0) is 20.1. The fourth-order valence-corrected chi connectivity index (χ4v) is 5.94. The third-order valence-electron chi connectivity index (χ3n) is 5.46. The summed E-state index contributed by atoms with van der Waals surface area (Å²) in [7, 11) is 0. The maximum atomic E-state index is 13.1. The summed E-state index contributed by atoms with van der Waals surface area (Å²) in [5.74, 6) is 0.608. The molecule has 0 bridgehead atoms. The van der Waals surface area contributed by atoms with Gasteiger partial charge in [-0.2, -0.15) is 0 Å². The molecule has 0 unspecified atom stereocenters. The summed E-state index contributed by atoms with van der Waals surface area (Å²) in [4.78, 5) is 36.6. The molecular weight excluding hydrogens is 404 g/mol. The second-order valence-corrected chi connectivity index (χ2v) is 9.46. The van der Waals surface area contributed by atoms with Crippen LogP contribution in [0.2, 0.25) is 0 Å². The van der Waals surface area contributed by atoms with Gasteiger partial charge in [-0.1, -0.05) is 29.9 Å². The SMILES string of the molecule is Cc1cccc2sc(NC(=O)c3sc4nc5n(c(=O)c4c3C)CCCCC5)nc12. The molecule has 4 aromatic rings. The quantitative estimate of drug-likeness (QED) is 0.508. The lowest BCUT2D eigenvalue weighted by Crippen LogP contribution is -2.24. The highest BCUT2D eigenvalue weighted by atomic mass is 32.1. The van der Waals surface area contributed by atoms with Gasteiger partial charge in [0.1, 0.15) is 10.7 Å². The van der Waals surface area contributed by atoms with Gasteiger partial charge in [0.15, 0.2) is 5.13 Å². The van der Waals surface area contributed by atoms with E-state index in [9.17, 15) is 9.59 Å². The molecule has 29 heavy (non-hydrogen) atoms. The number of thiazole rings is 1. The lowest BCUT2D eigenvalue weighted by molar-refractivity contribution is 0.103. The molecular formula is C21H20N4O2S2. The number of nitrogens with one attached hydrogen (secondary N) is 1. The molecule has 0 saturated carbocycles. The van der Waals surface area contributed by atoms with E-state index in [1.54, 1.807) is 4.57 Å². The molecule has 1 N–H and O–H groups in total. The molecule has 0 radical (unpaired) electrons. The lowest BCUT2D eigenvalue weighted by atomic mass is 10.2. The molecule has 4 heterocycles. The number of para-hydroxylation sites is 1. The van der Waals surface area contributed by atoms with Crippen LogP contribution in [0.5, 0.6) is 0 Å². The molecule has 148 valence electrons. The van der Waals surface area contributed by atoms with E-state index in [-0.39, 0.29) is 11.5 Å². The Morgan fingerprint density at radius 2 is 2.00 bits per heavy atom. The fourth-order valence-electron chi connectivity index (χ4n) is 3.92. The van der Waals surface area contributed by atoms with Gasteiger partial charge in [0.25, 0.3) is 11.5 Å². The van der Waals surface area contributed by atoms with Gasteiger partial charge < -0.3 is 0 Å². The number of rotatable bonds is 2. The molecule has 1 aromatic carbocycles. The van der Waals surface area contributed by atoms with Gasteiger partial charge in [-0.15, -0.1) is 11.3 Å². The smallest absolute Gasteiger partial charge is 0.267 e. The molecule has 1 amide bonds. The number of thiophene rings is 1. The van der Waals surface area contributed by atoms with Gasteiger partial charge in [-0.3, -0.25) is 19.5 Å². The van der Waals surface area contributed by atoms with Crippen molar-refractivity contribution in [3.8, 4) is 0 Å². The molecule has 3 aromatic heterocycles. The van der Waals surface area contributed by atoms with Gasteiger partial charge >= 0.3 is 0 Å².